The highest BCUT2D eigenvalue weighted by molar-refractivity contribution is 7.89. The van der Waals surface area contributed by atoms with Gasteiger partial charge in [-0.05, 0) is 41.8 Å². The van der Waals surface area contributed by atoms with E-state index in [4.69, 9.17) is 9.69 Å². The molecule has 0 saturated carbocycles. The second kappa shape index (κ2) is 6.39. The lowest BCUT2D eigenvalue weighted by Crippen LogP contribution is -2.12. The number of hydrogen-bond donors (Lipinski definition) is 5. The Morgan fingerprint density at radius 3 is 2.15 bits per heavy atom. The zero-order valence-electron chi connectivity index (χ0n) is 13.5. The number of primary sulfonamides is 1. The van der Waals surface area contributed by atoms with E-state index in [0.29, 0.717) is 11.1 Å². The van der Waals surface area contributed by atoms with Crippen molar-refractivity contribution in [1.29, 1.82) is 0 Å². The van der Waals surface area contributed by atoms with Gasteiger partial charge in [-0.3, -0.25) is 4.55 Å². The second-order valence-corrected chi connectivity index (χ2v) is 8.69. The molecular formula is C16H14N2O7S2. The van der Waals surface area contributed by atoms with Crippen molar-refractivity contribution >= 4 is 42.3 Å². The number of hydrogen-bond acceptors (Lipinski definition) is 7. The topological polar surface area (TPSA) is 167 Å². The second-order valence-electron chi connectivity index (χ2n) is 5.70. The normalized spacial score (nSPS) is 12.2. The third-order valence-corrected chi connectivity index (χ3v) is 5.52. The molecular weight excluding hydrogens is 396 g/mol. The molecule has 9 nitrogen and oxygen atoms in total. The Morgan fingerprint density at radius 1 is 0.815 bits per heavy atom. The molecule has 0 aliphatic heterocycles. The fraction of sp³-hybridized carbons (Fsp3) is 0. The fourth-order valence-corrected chi connectivity index (χ4v) is 3.56. The maximum absolute atomic E-state index is 11.4. The van der Waals surface area contributed by atoms with E-state index >= 15 is 0 Å². The largest absolute Gasteiger partial charge is 0.507 e. The summed E-state index contributed by atoms with van der Waals surface area (Å²) in [5.74, 6) is -0.611. The van der Waals surface area contributed by atoms with E-state index in [1.54, 1.807) is 0 Å². The van der Waals surface area contributed by atoms with Crippen molar-refractivity contribution in [2.75, 3.05) is 5.32 Å². The highest BCUT2D eigenvalue weighted by Crippen LogP contribution is 2.34. The van der Waals surface area contributed by atoms with Crippen molar-refractivity contribution in [3.8, 4) is 11.5 Å². The number of phenolic OH excluding ortho intramolecular Hbond substituents is 2. The van der Waals surface area contributed by atoms with E-state index in [1.807, 2.05) is 0 Å². The molecule has 6 N–H and O–H groups in total. The Hall–Kier alpha value is -2.86. The van der Waals surface area contributed by atoms with E-state index in [9.17, 15) is 27.0 Å². The number of fused-ring (bicyclic) bond motifs is 1. The summed E-state index contributed by atoms with van der Waals surface area (Å²) in [5, 5.41) is 28.5. The van der Waals surface area contributed by atoms with Crippen LogP contribution in [0.4, 0.5) is 11.4 Å². The predicted octanol–water partition coefficient (Wildman–Crippen LogP) is 1.89. The van der Waals surface area contributed by atoms with Crippen LogP contribution in [0, 0.1) is 0 Å². The number of benzene rings is 3. The molecule has 0 saturated heterocycles. The van der Waals surface area contributed by atoms with Gasteiger partial charge in [0.25, 0.3) is 10.1 Å². The molecule has 0 fully saturated rings. The van der Waals surface area contributed by atoms with Gasteiger partial charge in [0, 0.05) is 17.1 Å². The molecule has 0 aliphatic carbocycles. The molecule has 0 aliphatic rings. The molecule has 3 aromatic rings. The van der Waals surface area contributed by atoms with Gasteiger partial charge in [-0.1, -0.05) is 6.07 Å². The fourth-order valence-electron chi connectivity index (χ4n) is 2.49. The van der Waals surface area contributed by atoms with Gasteiger partial charge < -0.3 is 15.5 Å². The number of nitrogens with two attached hydrogens (primary N) is 1. The molecule has 0 heterocycles. The van der Waals surface area contributed by atoms with Crippen LogP contribution in [0.1, 0.15) is 0 Å². The van der Waals surface area contributed by atoms with Crippen LogP contribution in [-0.4, -0.2) is 31.6 Å². The average molecular weight is 410 g/mol. The smallest absolute Gasteiger partial charge is 0.294 e. The number of sulfonamides is 1. The van der Waals surface area contributed by atoms with Crippen molar-refractivity contribution in [3.63, 3.8) is 0 Å². The van der Waals surface area contributed by atoms with Crippen molar-refractivity contribution < 1.29 is 31.6 Å². The summed E-state index contributed by atoms with van der Waals surface area (Å²) in [6.07, 6.45) is 0. The average Bonchev–Trinajstić information content (AvgIpc) is 2.55. The van der Waals surface area contributed by atoms with E-state index in [1.165, 1.54) is 30.3 Å². The molecule has 142 valence electrons. The highest BCUT2D eigenvalue weighted by Gasteiger charge is 2.15. The van der Waals surface area contributed by atoms with Crippen molar-refractivity contribution in [2.24, 2.45) is 5.14 Å². The summed E-state index contributed by atoms with van der Waals surface area (Å²) >= 11 is 0. The Balaban J connectivity index is 2.06. The quantitative estimate of drug-likeness (QED) is 0.321. The number of phenols is 2. The summed E-state index contributed by atoms with van der Waals surface area (Å²) in [6, 6.07) is 10.0. The lowest BCUT2D eigenvalue weighted by Gasteiger charge is -2.12. The minimum atomic E-state index is -4.48. The van der Waals surface area contributed by atoms with Gasteiger partial charge in [0.15, 0.2) is 0 Å². The van der Waals surface area contributed by atoms with Gasteiger partial charge in [0.1, 0.15) is 11.5 Å². The maximum Gasteiger partial charge on any atom is 0.294 e. The number of aromatic hydroxyl groups is 2. The van der Waals surface area contributed by atoms with Crippen molar-refractivity contribution in [3.05, 3.63) is 48.5 Å². The lowest BCUT2D eigenvalue weighted by molar-refractivity contribution is 0.471. The first-order valence-electron chi connectivity index (χ1n) is 7.32. The first-order chi connectivity index (χ1) is 12.4. The molecule has 11 heteroatoms. The predicted molar refractivity (Wildman–Crippen MR) is 98.2 cm³/mol. The molecule has 0 unspecified atom stereocenters. The van der Waals surface area contributed by atoms with Gasteiger partial charge in [-0.15, -0.1) is 0 Å². The molecule has 27 heavy (non-hydrogen) atoms. The Labute approximate surface area is 154 Å². The van der Waals surface area contributed by atoms with Crippen LogP contribution in [0.3, 0.4) is 0 Å². The molecule has 3 aromatic carbocycles. The summed E-state index contributed by atoms with van der Waals surface area (Å²) in [4.78, 5) is -0.657. The molecule has 0 amide bonds. The maximum atomic E-state index is 11.4. The Morgan fingerprint density at radius 2 is 1.52 bits per heavy atom. The monoisotopic (exact) mass is 410 g/mol. The van der Waals surface area contributed by atoms with Crippen LogP contribution >= 0.6 is 0 Å². The Kier molecular flexibility index (Phi) is 4.48. The zero-order valence-corrected chi connectivity index (χ0v) is 15.1. The SMILES string of the molecule is NS(=O)(=O)c1ccc(O)c(Nc2ccc3cc(S(=O)(=O)O)cc(O)c3c2)c1. The first-order valence-corrected chi connectivity index (χ1v) is 10.3. The summed E-state index contributed by atoms with van der Waals surface area (Å²) in [5.41, 5.74) is 0.439. The highest BCUT2D eigenvalue weighted by atomic mass is 32.2. The molecule has 3 rings (SSSR count). The van der Waals surface area contributed by atoms with Gasteiger partial charge >= 0.3 is 0 Å². The first kappa shape index (κ1) is 18.9. The van der Waals surface area contributed by atoms with E-state index < -0.39 is 25.0 Å². The van der Waals surface area contributed by atoms with Gasteiger partial charge in [0.2, 0.25) is 10.0 Å². The van der Waals surface area contributed by atoms with Gasteiger partial charge in [-0.2, -0.15) is 8.42 Å². The molecule has 0 spiro atoms. The van der Waals surface area contributed by atoms with Gasteiger partial charge in [-0.25, -0.2) is 13.6 Å². The summed E-state index contributed by atoms with van der Waals surface area (Å²) < 4.78 is 54.5. The molecule has 0 aromatic heterocycles. The van der Waals surface area contributed by atoms with Crippen LogP contribution < -0.4 is 10.5 Å². The minimum absolute atomic E-state index is 0.0647. The van der Waals surface area contributed by atoms with Crippen LogP contribution in [-0.2, 0) is 20.1 Å². The third kappa shape index (κ3) is 3.95. The number of nitrogens with one attached hydrogen (secondary N) is 1. The number of anilines is 2. The van der Waals surface area contributed by atoms with Crippen LogP contribution in [0.5, 0.6) is 11.5 Å². The standard InChI is InChI=1S/C16H14N2O7S2/c17-26(21,22)11-3-4-15(19)14(7-11)18-10-2-1-9-5-12(27(23,24)25)8-16(20)13(9)6-10/h1-8,18-20H,(H2,17,21,22)(H,23,24,25). The van der Waals surface area contributed by atoms with E-state index in [2.05, 4.69) is 5.32 Å². The number of rotatable bonds is 4. The molecule has 0 radical (unpaired) electrons. The third-order valence-electron chi connectivity index (χ3n) is 3.78. The molecule has 0 atom stereocenters. The van der Waals surface area contributed by atoms with Crippen LogP contribution in [0.25, 0.3) is 10.8 Å². The van der Waals surface area contributed by atoms with Crippen molar-refractivity contribution in [1.82, 2.24) is 0 Å². The summed E-state index contributed by atoms with van der Waals surface area (Å²) in [6.45, 7) is 0. The minimum Gasteiger partial charge on any atom is -0.507 e. The Bertz CT molecular complexity index is 1270. The molecule has 0 bridgehead atoms. The van der Waals surface area contributed by atoms with Crippen LogP contribution in [0.15, 0.2) is 58.3 Å². The summed E-state index contributed by atoms with van der Waals surface area (Å²) in [7, 11) is -8.44. The lowest BCUT2D eigenvalue weighted by atomic mass is 10.1. The van der Waals surface area contributed by atoms with E-state index in [0.717, 1.165) is 18.2 Å². The van der Waals surface area contributed by atoms with Crippen molar-refractivity contribution in [2.45, 2.75) is 9.79 Å². The van der Waals surface area contributed by atoms with Gasteiger partial charge in [0.05, 0.1) is 15.5 Å². The zero-order chi connectivity index (χ0) is 20.0. The van der Waals surface area contributed by atoms with E-state index in [-0.39, 0.29) is 27.5 Å². The van der Waals surface area contributed by atoms with Crippen LogP contribution in [0.2, 0.25) is 0 Å².